The molecule has 7 heteroatoms. The summed E-state index contributed by atoms with van der Waals surface area (Å²) < 4.78 is 29.0. The molecule has 1 aromatic carbocycles. The van der Waals surface area contributed by atoms with Gasteiger partial charge in [0.25, 0.3) is 0 Å². The molecule has 0 aliphatic rings. The molecule has 0 saturated heterocycles. The quantitative estimate of drug-likeness (QED) is 0.376. The van der Waals surface area contributed by atoms with Gasteiger partial charge in [-0.3, -0.25) is 9.36 Å². The SMILES string of the molecule is CCCCOC[P@@](=O)(N[C@@H](C)C(=O)OCC)Oc1ccccc1. The highest BCUT2D eigenvalue weighted by Crippen LogP contribution is 2.43. The van der Waals surface area contributed by atoms with Gasteiger partial charge in [-0.25, -0.2) is 5.09 Å². The highest BCUT2D eigenvalue weighted by atomic mass is 31.2. The molecule has 1 N–H and O–H groups in total. The summed E-state index contributed by atoms with van der Waals surface area (Å²) in [6.07, 6.45) is 1.75. The fourth-order valence-corrected chi connectivity index (χ4v) is 3.49. The van der Waals surface area contributed by atoms with Crippen molar-refractivity contribution in [3.8, 4) is 5.75 Å². The van der Waals surface area contributed by atoms with Gasteiger partial charge in [0.15, 0.2) is 0 Å². The van der Waals surface area contributed by atoms with Crippen molar-refractivity contribution >= 4 is 13.5 Å². The molecule has 0 unspecified atom stereocenters. The highest BCUT2D eigenvalue weighted by molar-refractivity contribution is 7.57. The second-order valence-corrected chi connectivity index (χ2v) is 7.12. The molecule has 0 saturated carbocycles. The van der Waals surface area contributed by atoms with E-state index in [-0.39, 0.29) is 13.0 Å². The van der Waals surface area contributed by atoms with Gasteiger partial charge in [0.2, 0.25) is 0 Å². The minimum Gasteiger partial charge on any atom is -0.465 e. The minimum atomic E-state index is -3.39. The molecule has 0 fully saturated rings. The van der Waals surface area contributed by atoms with Crippen LogP contribution < -0.4 is 9.61 Å². The Kier molecular flexibility index (Phi) is 8.92. The van der Waals surface area contributed by atoms with Crippen molar-refractivity contribution < 1.29 is 23.4 Å². The number of hydrogen-bond acceptors (Lipinski definition) is 5. The van der Waals surface area contributed by atoms with Gasteiger partial charge in [0.1, 0.15) is 18.1 Å². The Morgan fingerprint density at radius 1 is 1.26 bits per heavy atom. The van der Waals surface area contributed by atoms with E-state index in [2.05, 4.69) is 5.09 Å². The molecule has 23 heavy (non-hydrogen) atoms. The monoisotopic (exact) mass is 343 g/mol. The molecule has 0 heterocycles. The van der Waals surface area contributed by atoms with E-state index in [9.17, 15) is 9.36 Å². The summed E-state index contributed by atoms with van der Waals surface area (Å²) in [6.45, 7) is 6.11. The Bertz CT molecular complexity index is 508. The van der Waals surface area contributed by atoms with Crippen molar-refractivity contribution in [1.29, 1.82) is 0 Å². The Balaban J connectivity index is 2.74. The van der Waals surface area contributed by atoms with Crippen molar-refractivity contribution in [2.24, 2.45) is 0 Å². The van der Waals surface area contributed by atoms with Crippen LogP contribution in [0.4, 0.5) is 0 Å². The highest BCUT2D eigenvalue weighted by Gasteiger charge is 2.30. The van der Waals surface area contributed by atoms with E-state index in [0.717, 1.165) is 12.8 Å². The number of hydrogen-bond donors (Lipinski definition) is 1. The maximum Gasteiger partial charge on any atom is 0.342 e. The molecule has 0 aromatic heterocycles. The summed E-state index contributed by atoms with van der Waals surface area (Å²) in [7, 11) is -3.39. The fraction of sp³-hybridized carbons (Fsp3) is 0.562. The van der Waals surface area contributed by atoms with Gasteiger partial charge < -0.3 is 14.0 Å². The molecule has 6 nitrogen and oxygen atoms in total. The van der Waals surface area contributed by atoms with Gasteiger partial charge >= 0.3 is 13.5 Å². The number of carbonyl (C=O) groups is 1. The van der Waals surface area contributed by atoms with Crippen LogP contribution in [0.3, 0.4) is 0 Å². The van der Waals surface area contributed by atoms with E-state index in [4.69, 9.17) is 14.0 Å². The number of rotatable bonds is 11. The Morgan fingerprint density at radius 3 is 2.57 bits per heavy atom. The van der Waals surface area contributed by atoms with Gasteiger partial charge in [0, 0.05) is 6.61 Å². The molecule has 0 radical (unpaired) electrons. The van der Waals surface area contributed by atoms with Crippen LogP contribution in [0, 0.1) is 0 Å². The molecule has 0 bridgehead atoms. The lowest BCUT2D eigenvalue weighted by molar-refractivity contribution is -0.144. The van der Waals surface area contributed by atoms with Crippen LogP contribution in [0.25, 0.3) is 0 Å². The van der Waals surface area contributed by atoms with Crippen molar-refractivity contribution in [3.63, 3.8) is 0 Å². The Hall–Kier alpha value is -1.36. The number of esters is 1. The number of carbonyl (C=O) groups excluding carboxylic acids is 1. The molecule has 2 atom stereocenters. The molecule has 1 rings (SSSR count). The zero-order valence-corrected chi connectivity index (χ0v) is 14.9. The van der Waals surface area contributed by atoms with Gasteiger partial charge in [-0.05, 0) is 32.4 Å². The molecular weight excluding hydrogens is 317 g/mol. The standard InChI is InChI=1S/C16H26NO5P/c1-4-6-12-20-13-23(19,17-14(3)16(18)21-5-2)22-15-10-8-7-9-11-15/h7-11,14H,4-6,12-13H2,1-3H3,(H,17,19)/t14-,23-/m0/s1. The molecule has 0 aliphatic carbocycles. The zero-order chi connectivity index (χ0) is 17.1. The average Bonchev–Trinajstić information content (AvgIpc) is 2.52. The van der Waals surface area contributed by atoms with E-state index in [1.165, 1.54) is 0 Å². The van der Waals surface area contributed by atoms with Crippen LogP contribution >= 0.6 is 7.52 Å². The molecule has 0 spiro atoms. The summed E-state index contributed by atoms with van der Waals surface area (Å²) in [4.78, 5) is 11.7. The van der Waals surface area contributed by atoms with E-state index in [1.807, 2.05) is 13.0 Å². The largest absolute Gasteiger partial charge is 0.465 e. The normalized spacial score (nSPS) is 14.7. The Morgan fingerprint density at radius 2 is 1.96 bits per heavy atom. The van der Waals surface area contributed by atoms with Crippen LogP contribution in [0.2, 0.25) is 0 Å². The lowest BCUT2D eigenvalue weighted by Gasteiger charge is -2.23. The van der Waals surface area contributed by atoms with E-state index < -0.39 is 19.5 Å². The van der Waals surface area contributed by atoms with Crippen molar-refractivity contribution in [1.82, 2.24) is 5.09 Å². The van der Waals surface area contributed by atoms with Crippen LogP contribution in [-0.2, 0) is 18.8 Å². The zero-order valence-electron chi connectivity index (χ0n) is 14.0. The molecule has 130 valence electrons. The maximum atomic E-state index is 13.0. The third-order valence-electron chi connectivity index (χ3n) is 2.93. The topological polar surface area (TPSA) is 73.9 Å². The predicted molar refractivity (Wildman–Crippen MR) is 89.6 cm³/mol. The van der Waals surface area contributed by atoms with E-state index >= 15 is 0 Å². The smallest absolute Gasteiger partial charge is 0.342 e. The van der Waals surface area contributed by atoms with E-state index in [1.54, 1.807) is 38.1 Å². The first-order chi connectivity index (χ1) is 11.0. The number of unbranched alkanes of at least 4 members (excludes halogenated alkanes) is 1. The van der Waals surface area contributed by atoms with Gasteiger partial charge in [0.05, 0.1) is 6.61 Å². The third kappa shape index (κ3) is 7.64. The second-order valence-electron chi connectivity index (χ2n) is 5.07. The first-order valence-electron chi connectivity index (χ1n) is 7.86. The minimum absolute atomic E-state index is 0.106. The summed E-state index contributed by atoms with van der Waals surface area (Å²) in [5.74, 6) is -0.0172. The average molecular weight is 343 g/mol. The van der Waals surface area contributed by atoms with Crippen LogP contribution in [-0.4, -0.2) is 31.6 Å². The number of benzene rings is 1. The van der Waals surface area contributed by atoms with Crippen LogP contribution in [0.5, 0.6) is 5.75 Å². The van der Waals surface area contributed by atoms with Crippen LogP contribution in [0.15, 0.2) is 30.3 Å². The second kappa shape index (κ2) is 10.4. The fourth-order valence-electron chi connectivity index (χ4n) is 1.79. The maximum absolute atomic E-state index is 13.0. The summed E-state index contributed by atoms with van der Waals surface area (Å²) in [6, 6.07) is 8.06. The summed E-state index contributed by atoms with van der Waals surface area (Å²) in [5.41, 5.74) is 0. The first kappa shape index (κ1) is 19.7. The number of para-hydroxylation sites is 1. The Labute approximate surface area is 138 Å². The number of ether oxygens (including phenoxy) is 2. The number of nitrogens with one attached hydrogen (secondary N) is 1. The van der Waals surface area contributed by atoms with Crippen molar-refractivity contribution in [3.05, 3.63) is 30.3 Å². The third-order valence-corrected chi connectivity index (χ3v) is 4.74. The van der Waals surface area contributed by atoms with Crippen molar-refractivity contribution in [2.75, 3.05) is 19.6 Å². The molecule has 0 amide bonds. The first-order valence-corrected chi connectivity index (χ1v) is 9.67. The van der Waals surface area contributed by atoms with Gasteiger partial charge in [-0.2, -0.15) is 0 Å². The molecular formula is C16H26NO5P. The summed E-state index contributed by atoms with van der Waals surface area (Å²) >= 11 is 0. The lowest BCUT2D eigenvalue weighted by atomic mass is 10.3. The predicted octanol–water partition coefficient (Wildman–Crippen LogP) is 3.57. The van der Waals surface area contributed by atoms with Crippen LogP contribution in [0.1, 0.15) is 33.6 Å². The molecule has 1 aromatic rings. The van der Waals surface area contributed by atoms with Gasteiger partial charge in [-0.15, -0.1) is 0 Å². The lowest BCUT2D eigenvalue weighted by Crippen LogP contribution is -2.35. The molecule has 0 aliphatic heterocycles. The van der Waals surface area contributed by atoms with E-state index in [0.29, 0.717) is 12.4 Å². The summed E-state index contributed by atoms with van der Waals surface area (Å²) in [5, 5.41) is 2.74. The van der Waals surface area contributed by atoms with Gasteiger partial charge in [-0.1, -0.05) is 31.5 Å². The van der Waals surface area contributed by atoms with Crippen molar-refractivity contribution in [2.45, 2.75) is 39.7 Å².